The molecular formula is C14H21NO. The molecule has 0 aliphatic heterocycles. The van der Waals surface area contributed by atoms with Crippen LogP contribution in [0.3, 0.4) is 0 Å². The summed E-state index contributed by atoms with van der Waals surface area (Å²) in [6.45, 7) is 8.41. The Bertz CT molecular complexity index is 392. The van der Waals surface area contributed by atoms with Crippen molar-refractivity contribution in [3.8, 4) is 0 Å². The SMILES string of the molecule is CCC(C)(CN)C(=O)c1ccc(C)c(C)c1. The molecule has 0 heterocycles. The highest BCUT2D eigenvalue weighted by atomic mass is 16.1. The number of benzene rings is 1. The number of Topliss-reactive ketones (excluding diaryl/α,β-unsaturated/α-hetero) is 1. The van der Waals surface area contributed by atoms with Crippen LogP contribution in [-0.2, 0) is 0 Å². The van der Waals surface area contributed by atoms with Gasteiger partial charge in [0.15, 0.2) is 5.78 Å². The van der Waals surface area contributed by atoms with Crippen molar-refractivity contribution in [2.75, 3.05) is 6.54 Å². The molecule has 2 heteroatoms. The quantitative estimate of drug-likeness (QED) is 0.791. The predicted molar refractivity (Wildman–Crippen MR) is 67.7 cm³/mol. The molecule has 0 bridgehead atoms. The van der Waals surface area contributed by atoms with Crippen LogP contribution >= 0.6 is 0 Å². The Kier molecular flexibility index (Phi) is 3.87. The van der Waals surface area contributed by atoms with Gasteiger partial charge in [0.2, 0.25) is 0 Å². The van der Waals surface area contributed by atoms with Crippen LogP contribution in [0.1, 0.15) is 41.8 Å². The van der Waals surface area contributed by atoms with Gasteiger partial charge in [0, 0.05) is 17.5 Å². The van der Waals surface area contributed by atoms with Crippen LogP contribution < -0.4 is 5.73 Å². The van der Waals surface area contributed by atoms with Gasteiger partial charge in [0.1, 0.15) is 0 Å². The topological polar surface area (TPSA) is 43.1 Å². The third kappa shape index (κ3) is 2.33. The van der Waals surface area contributed by atoms with E-state index in [1.165, 1.54) is 5.56 Å². The van der Waals surface area contributed by atoms with Gasteiger partial charge in [-0.2, -0.15) is 0 Å². The van der Waals surface area contributed by atoms with Crippen molar-refractivity contribution >= 4 is 5.78 Å². The molecule has 0 aromatic heterocycles. The smallest absolute Gasteiger partial charge is 0.169 e. The van der Waals surface area contributed by atoms with Gasteiger partial charge in [-0.1, -0.05) is 26.0 Å². The average Bonchev–Trinajstić information content (AvgIpc) is 2.30. The first-order valence-corrected chi connectivity index (χ1v) is 5.76. The number of rotatable bonds is 4. The lowest BCUT2D eigenvalue weighted by atomic mass is 9.79. The summed E-state index contributed by atoms with van der Waals surface area (Å²) >= 11 is 0. The van der Waals surface area contributed by atoms with Crippen molar-refractivity contribution in [1.29, 1.82) is 0 Å². The molecule has 0 fully saturated rings. The Balaban J connectivity index is 3.09. The van der Waals surface area contributed by atoms with Gasteiger partial charge in [0.25, 0.3) is 0 Å². The summed E-state index contributed by atoms with van der Waals surface area (Å²) in [5.74, 6) is 0.153. The molecule has 0 aliphatic carbocycles. The van der Waals surface area contributed by atoms with Crippen molar-refractivity contribution < 1.29 is 4.79 Å². The van der Waals surface area contributed by atoms with Gasteiger partial charge in [-0.25, -0.2) is 0 Å². The largest absolute Gasteiger partial charge is 0.329 e. The maximum Gasteiger partial charge on any atom is 0.169 e. The Morgan fingerprint density at radius 3 is 2.38 bits per heavy atom. The van der Waals surface area contributed by atoms with Gasteiger partial charge in [-0.05, 0) is 37.5 Å². The first-order valence-electron chi connectivity index (χ1n) is 5.76. The normalized spacial score (nSPS) is 14.6. The number of hydrogen-bond acceptors (Lipinski definition) is 2. The molecule has 1 aromatic rings. The van der Waals surface area contributed by atoms with Crippen molar-refractivity contribution in [1.82, 2.24) is 0 Å². The summed E-state index contributed by atoms with van der Waals surface area (Å²) in [6.07, 6.45) is 0.773. The molecule has 2 nitrogen and oxygen atoms in total. The molecule has 1 atom stereocenters. The van der Waals surface area contributed by atoms with E-state index >= 15 is 0 Å². The molecule has 0 spiro atoms. The van der Waals surface area contributed by atoms with Gasteiger partial charge in [0.05, 0.1) is 0 Å². The Morgan fingerprint density at radius 2 is 1.94 bits per heavy atom. The first-order chi connectivity index (χ1) is 7.44. The van der Waals surface area contributed by atoms with Crippen LogP contribution in [0.4, 0.5) is 0 Å². The van der Waals surface area contributed by atoms with Crippen LogP contribution in [0.25, 0.3) is 0 Å². The number of carbonyl (C=O) groups excluding carboxylic acids is 1. The Morgan fingerprint density at radius 1 is 1.31 bits per heavy atom. The lowest BCUT2D eigenvalue weighted by molar-refractivity contribution is 0.0820. The summed E-state index contributed by atoms with van der Waals surface area (Å²) in [6, 6.07) is 5.85. The van der Waals surface area contributed by atoms with Crippen molar-refractivity contribution in [3.63, 3.8) is 0 Å². The predicted octanol–water partition coefficient (Wildman–Crippen LogP) is 2.86. The minimum Gasteiger partial charge on any atom is -0.329 e. The molecule has 0 saturated carbocycles. The van der Waals surface area contributed by atoms with Gasteiger partial charge in [-0.15, -0.1) is 0 Å². The van der Waals surface area contributed by atoms with Crippen LogP contribution in [0.2, 0.25) is 0 Å². The minimum atomic E-state index is -0.429. The third-order valence-corrected chi connectivity index (χ3v) is 3.55. The number of ketones is 1. The molecule has 2 N–H and O–H groups in total. The second-order valence-electron chi connectivity index (χ2n) is 4.75. The molecule has 0 aliphatic rings. The van der Waals surface area contributed by atoms with E-state index in [1.807, 2.05) is 45.9 Å². The van der Waals surface area contributed by atoms with Crippen molar-refractivity contribution in [2.45, 2.75) is 34.1 Å². The lowest BCUT2D eigenvalue weighted by Crippen LogP contribution is -2.35. The van der Waals surface area contributed by atoms with Gasteiger partial charge < -0.3 is 5.73 Å². The highest BCUT2D eigenvalue weighted by Crippen LogP contribution is 2.26. The molecule has 1 aromatic carbocycles. The van der Waals surface area contributed by atoms with Crippen LogP contribution in [0, 0.1) is 19.3 Å². The maximum atomic E-state index is 12.3. The molecule has 0 amide bonds. The molecule has 0 radical (unpaired) electrons. The zero-order chi connectivity index (χ0) is 12.3. The van der Waals surface area contributed by atoms with E-state index in [9.17, 15) is 4.79 Å². The van der Waals surface area contributed by atoms with E-state index in [4.69, 9.17) is 5.73 Å². The maximum absolute atomic E-state index is 12.3. The number of carbonyl (C=O) groups is 1. The first kappa shape index (κ1) is 12.9. The fourth-order valence-electron chi connectivity index (χ4n) is 1.63. The Hall–Kier alpha value is -1.15. The molecule has 1 unspecified atom stereocenters. The summed E-state index contributed by atoms with van der Waals surface area (Å²) in [4.78, 5) is 12.3. The number of hydrogen-bond donors (Lipinski definition) is 1. The molecule has 16 heavy (non-hydrogen) atoms. The fourth-order valence-corrected chi connectivity index (χ4v) is 1.63. The summed E-state index contributed by atoms with van der Waals surface area (Å²) in [5, 5.41) is 0. The highest BCUT2D eigenvalue weighted by Gasteiger charge is 2.30. The van der Waals surface area contributed by atoms with Crippen molar-refractivity contribution in [3.05, 3.63) is 34.9 Å². The average molecular weight is 219 g/mol. The fraction of sp³-hybridized carbons (Fsp3) is 0.500. The molecule has 1 rings (SSSR count). The zero-order valence-electron chi connectivity index (χ0n) is 10.6. The van der Waals surface area contributed by atoms with Gasteiger partial charge >= 0.3 is 0 Å². The standard InChI is InChI=1S/C14H21NO/c1-5-14(4,9-15)13(16)12-7-6-10(2)11(3)8-12/h6-8H,5,9,15H2,1-4H3. The van der Waals surface area contributed by atoms with E-state index in [-0.39, 0.29) is 5.78 Å². The molecular weight excluding hydrogens is 198 g/mol. The van der Waals surface area contributed by atoms with Crippen LogP contribution in [0.15, 0.2) is 18.2 Å². The van der Waals surface area contributed by atoms with Crippen LogP contribution in [-0.4, -0.2) is 12.3 Å². The number of aryl methyl sites for hydroxylation is 2. The van der Waals surface area contributed by atoms with E-state index < -0.39 is 5.41 Å². The van der Waals surface area contributed by atoms with Crippen LogP contribution in [0.5, 0.6) is 0 Å². The second kappa shape index (κ2) is 4.79. The Labute approximate surface area is 97.9 Å². The minimum absolute atomic E-state index is 0.153. The summed E-state index contributed by atoms with van der Waals surface area (Å²) in [5.41, 5.74) is 8.41. The lowest BCUT2D eigenvalue weighted by Gasteiger charge is -2.24. The highest BCUT2D eigenvalue weighted by molar-refractivity contribution is 6.00. The monoisotopic (exact) mass is 219 g/mol. The molecule has 88 valence electrons. The van der Waals surface area contributed by atoms with Crippen molar-refractivity contribution in [2.24, 2.45) is 11.1 Å². The van der Waals surface area contributed by atoms with E-state index in [1.54, 1.807) is 0 Å². The third-order valence-electron chi connectivity index (χ3n) is 3.55. The zero-order valence-corrected chi connectivity index (χ0v) is 10.6. The van der Waals surface area contributed by atoms with E-state index in [2.05, 4.69) is 0 Å². The number of nitrogens with two attached hydrogens (primary N) is 1. The second-order valence-corrected chi connectivity index (χ2v) is 4.75. The molecule has 0 saturated heterocycles. The van der Waals surface area contributed by atoms with E-state index in [0.29, 0.717) is 6.54 Å². The summed E-state index contributed by atoms with van der Waals surface area (Å²) in [7, 11) is 0. The van der Waals surface area contributed by atoms with Gasteiger partial charge in [-0.3, -0.25) is 4.79 Å². The van der Waals surface area contributed by atoms with E-state index in [0.717, 1.165) is 17.5 Å². The summed E-state index contributed by atoms with van der Waals surface area (Å²) < 4.78 is 0.